The van der Waals surface area contributed by atoms with Gasteiger partial charge in [-0.3, -0.25) is 4.52 Å². The predicted octanol–water partition coefficient (Wildman–Crippen LogP) is 15.0. The van der Waals surface area contributed by atoms with Gasteiger partial charge in [0.1, 0.15) is 11.5 Å². The summed E-state index contributed by atoms with van der Waals surface area (Å²) in [6, 6.07) is 21.9. The summed E-state index contributed by atoms with van der Waals surface area (Å²) < 4.78 is 32.0. The maximum atomic E-state index is 14.5. The zero-order valence-corrected chi connectivity index (χ0v) is 35.1. The third kappa shape index (κ3) is 18.2. The molecule has 6 nitrogen and oxygen atoms in total. The van der Waals surface area contributed by atoms with E-state index in [0.717, 1.165) is 55.2 Å². The molecule has 0 aliphatic carbocycles. The van der Waals surface area contributed by atoms with Crippen LogP contribution in [-0.4, -0.2) is 9.79 Å². The van der Waals surface area contributed by atoms with Crippen molar-refractivity contribution in [1.82, 2.24) is 0 Å². The van der Waals surface area contributed by atoms with Crippen LogP contribution >= 0.6 is 14.9 Å². The van der Waals surface area contributed by atoms with E-state index in [0.29, 0.717) is 0 Å². The minimum Gasteiger partial charge on any atom is -0.382 e. The van der Waals surface area contributed by atoms with Gasteiger partial charge >= 0.3 is 14.9 Å². The van der Waals surface area contributed by atoms with E-state index in [-0.39, 0.29) is 17.2 Å². The first-order valence-electron chi connectivity index (χ1n) is 21.1. The molecule has 0 saturated carbocycles. The van der Waals surface area contributed by atoms with Crippen LogP contribution < -0.4 is 13.6 Å². The van der Waals surface area contributed by atoms with E-state index in [1.807, 2.05) is 36.4 Å². The highest BCUT2D eigenvalue weighted by molar-refractivity contribution is 8.31. The van der Waals surface area contributed by atoms with Gasteiger partial charge in [0, 0.05) is 0 Å². The summed E-state index contributed by atoms with van der Waals surface area (Å²) in [7, 11) is -9.44. The van der Waals surface area contributed by atoms with Gasteiger partial charge in [0.05, 0.1) is 0 Å². The maximum Gasteiger partial charge on any atom is 0.677 e. The van der Waals surface area contributed by atoms with Gasteiger partial charge in [0.15, 0.2) is 5.75 Å². The van der Waals surface area contributed by atoms with Crippen LogP contribution in [0.5, 0.6) is 17.2 Å². The molecule has 0 fully saturated rings. The summed E-state index contributed by atoms with van der Waals surface area (Å²) in [5.74, 6) is 0.663. The summed E-state index contributed by atoms with van der Waals surface area (Å²) in [4.78, 5) is 22.8. The van der Waals surface area contributed by atoms with Gasteiger partial charge < -0.3 is 9.05 Å². The molecule has 0 aromatic heterocycles. The molecule has 3 aromatic rings. The molecule has 0 heterocycles. The van der Waals surface area contributed by atoms with E-state index >= 15 is 0 Å². The fourth-order valence-electron chi connectivity index (χ4n) is 6.59. The van der Waals surface area contributed by atoms with Crippen LogP contribution in [0.3, 0.4) is 0 Å². The third-order valence-corrected chi connectivity index (χ3v) is 14.6. The number of hydrogen-bond donors (Lipinski definition) is 2. The first kappa shape index (κ1) is 45.0. The van der Waals surface area contributed by atoms with E-state index in [4.69, 9.17) is 13.6 Å². The topological polar surface area (TPSA) is 85.2 Å². The summed E-state index contributed by atoms with van der Waals surface area (Å²) >= 11 is 0. The SMILES string of the molecule is CCCCCCCCCc1ccc(OP(=O)(Oc2ccc(CCCCCCCCC)cc2)[P+](O)(O)Oc2ccc(CCCCCCCCC)cc2)cc1. The van der Waals surface area contributed by atoms with Crippen LogP contribution in [0.4, 0.5) is 0 Å². The quantitative estimate of drug-likeness (QED) is 0.0501. The Bertz CT molecular complexity index is 1320. The van der Waals surface area contributed by atoms with Gasteiger partial charge in [0.25, 0.3) is 0 Å². The van der Waals surface area contributed by atoms with Crippen molar-refractivity contribution in [2.45, 2.75) is 175 Å². The highest BCUT2D eigenvalue weighted by Crippen LogP contribution is 2.84. The largest absolute Gasteiger partial charge is 0.677 e. The van der Waals surface area contributed by atoms with Crippen molar-refractivity contribution in [1.29, 1.82) is 0 Å². The van der Waals surface area contributed by atoms with Crippen molar-refractivity contribution in [3.63, 3.8) is 0 Å². The molecule has 0 spiro atoms. The molecule has 0 saturated heterocycles. The van der Waals surface area contributed by atoms with Crippen LogP contribution in [0.2, 0.25) is 0 Å². The summed E-state index contributed by atoms with van der Waals surface area (Å²) in [5.41, 5.74) is 3.45. The lowest BCUT2D eigenvalue weighted by Gasteiger charge is -2.21. The Balaban J connectivity index is 1.65. The van der Waals surface area contributed by atoms with Crippen LogP contribution in [0.25, 0.3) is 0 Å². The minimum atomic E-state index is -4.75. The van der Waals surface area contributed by atoms with E-state index in [1.165, 1.54) is 116 Å². The molecule has 0 atom stereocenters. The van der Waals surface area contributed by atoms with Crippen LogP contribution in [-0.2, 0) is 23.8 Å². The van der Waals surface area contributed by atoms with Crippen molar-refractivity contribution in [3.05, 3.63) is 89.5 Å². The predicted molar refractivity (Wildman–Crippen MR) is 225 cm³/mol. The monoisotopic (exact) mass is 769 g/mol. The number of hydrogen-bond acceptors (Lipinski definition) is 6. The van der Waals surface area contributed by atoms with Gasteiger partial charge in [-0.05, 0) is 91.6 Å². The Hall–Kier alpha value is -2.36. The van der Waals surface area contributed by atoms with Crippen molar-refractivity contribution in [3.8, 4) is 17.2 Å². The first-order chi connectivity index (χ1) is 25.8. The molecule has 0 amide bonds. The van der Waals surface area contributed by atoms with Gasteiger partial charge in [0.2, 0.25) is 0 Å². The lowest BCUT2D eigenvalue weighted by molar-refractivity contribution is 0.325. The number of unbranched alkanes of at least 4 members (excludes halogenated alkanes) is 18. The van der Waals surface area contributed by atoms with Gasteiger partial charge in [-0.2, -0.15) is 14.4 Å². The molecule has 0 unspecified atom stereocenters. The molecule has 0 aliphatic rings. The second kappa shape index (κ2) is 26.4. The van der Waals surface area contributed by atoms with Crippen LogP contribution in [0, 0.1) is 0 Å². The lowest BCUT2D eigenvalue weighted by Crippen LogP contribution is -2.10. The van der Waals surface area contributed by atoms with Crippen LogP contribution in [0.1, 0.15) is 172 Å². The zero-order valence-electron chi connectivity index (χ0n) is 33.3. The Labute approximate surface area is 323 Å². The molecular weight excluding hydrogens is 698 g/mol. The molecule has 3 rings (SSSR count). The molecule has 0 radical (unpaired) electrons. The van der Waals surface area contributed by atoms with Crippen LogP contribution in [0.15, 0.2) is 72.8 Å². The Morgan fingerprint density at radius 2 is 0.679 bits per heavy atom. The number of rotatable bonds is 31. The van der Waals surface area contributed by atoms with Gasteiger partial charge in [-0.25, -0.2) is 0 Å². The second-order valence-electron chi connectivity index (χ2n) is 14.8. The average molecular weight is 770 g/mol. The van der Waals surface area contributed by atoms with E-state index in [9.17, 15) is 14.4 Å². The highest BCUT2D eigenvalue weighted by atomic mass is 32.1. The molecule has 3 aromatic carbocycles. The Morgan fingerprint density at radius 1 is 0.415 bits per heavy atom. The van der Waals surface area contributed by atoms with Gasteiger partial charge in [-0.1, -0.05) is 173 Å². The third-order valence-electron chi connectivity index (χ3n) is 9.97. The lowest BCUT2D eigenvalue weighted by atomic mass is 10.0. The van der Waals surface area contributed by atoms with E-state index in [2.05, 4.69) is 20.8 Å². The molecular formula is C45H71O6P2+. The van der Waals surface area contributed by atoms with Gasteiger partial charge in [-0.15, -0.1) is 0 Å². The van der Waals surface area contributed by atoms with Crippen molar-refractivity contribution >= 4 is 14.9 Å². The summed E-state index contributed by atoms with van der Waals surface area (Å²) in [5, 5.41) is 0. The average Bonchev–Trinajstić information content (AvgIpc) is 3.15. The fraction of sp³-hybridized carbons (Fsp3) is 0.600. The number of aryl methyl sites for hydroxylation is 3. The molecule has 0 aliphatic heterocycles. The first-order valence-corrected chi connectivity index (χ1v) is 24.9. The maximum absolute atomic E-state index is 14.5. The second-order valence-corrected chi connectivity index (χ2v) is 20.3. The summed E-state index contributed by atoms with van der Waals surface area (Å²) in [6.45, 7) is 6.71. The van der Waals surface area contributed by atoms with Crippen molar-refractivity contribution in [2.24, 2.45) is 0 Å². The van der Waals surface area contributed by atoms with Crippen molar-refractivity contribution < 1.29 is 27.9 Å². The normalized spacial score (nSPS) is 11.9. The molecule has 2 N–H and O–H groups in total. The molecule has 0 bridgehead atoms. The Morgan fingerprint density at radius 3 is 0.981 bits per heavy atom. The molecule has 53 heavy (non-hydrogen) atoms. The van der Waals surface area contributed by atoms with E-state index in [1.54, 1.807) is 36.4 Å². The van der Waals surface area contributed by atoms with Crippen molar-refractivity contribution in [2.75, 3.05) is 0 Å². The zero-order chi connectivity index (χ0) is 38.0. The highest BCUT2D eigenvalue weighted by Gasteiger charge is 2.68. The minimum absolute atomic E-state index is 0.203. The number of benzene rings is 3. The van der Waals surface area contributed by atoms with E-state index < -0.39 is 14.9 Å². The smallest absolute Gasteiger partial charge is 0.382 e. The standard InChI is InChI=1S/C45H71O6P2/c1-4-7-10-13-16-19-22-25-40-28-34-43(35-29-40)49-52(46,47)53(48,50-44-36-30-41(31-37-44)26-23-20-17-14-11-8-5-2)51-45-38-32-42(33-39-45)27-24-21-18-15-12-9-6-3/h28-39,46-47H,4-27H2,1-3H3/q+1. The Kier molecular flexibility index (Phi) is 22.5. The molecule has 296 valence electrons. The summed E-state index contributed by atoms with van der Waals surface area (Å²) in [6.07, 6.45) is 29.0. The fourth-order valence-corrected chi connectivity index (χ4v) is 9.91. The molecule has 8 heteroatoms.